The number of thiazole rings is 1. The van der Waals surface area contributed by atoms with Gasteiger partial charge in [0.05, 0.1) is 34.3 Å². The topological polar surface area (TPSA) is 260 Å². The van der Waals surface area contributed by atoms with Crippen molar-refractivity contribution < 1.29 is 47.8 Å². The number of nitrogens with two attached hydrogens (primary N) is 2. The normalized spacial score (nSPS) is 21.5. The first kappa shape index (κ1) is 55.3. The molecule has 3 aromatic rings. The Hall–Kier alpha value is -5.99. The lowest BCUT2D eigenvalue weighted by molar-refractivity contribution is -0.144. The number of nitrogens with one attached hydrogen (secondary N) is 3. The second kappa shape index (κ2) is 24.6. The molecule has 3 saturated heterocycles. The summed E-state index contributed by atoms with van der Waals surface area (Å²) in [5.74, 6) is -3.45. The average Bonchev–Trinajstić information content (AvgIpc) is 4.07. The summed E-state index contributed by atoms with van der Waals surface area (Å²) in [6.45, 7) is 11.0. The van der Waals surface area contributed by atoms with Crippen molar-refractivity contribution >= 4 is 52.7 Å². The van der Waals surface area contributed by atoms with E-state index in [1.807, 2.05) is 58.9 Å². The molecule has 8 atom stereocenters. The highest BCUT2D eigenvalue weighted by molar-refractivity contribution is 7.13. The molecule has 6 rings (SSSR count). The molecule has 3 fully saturated rings. The van der Waals surface area contributed by atoms with Gasteiger partial charge in [-0.25, -0.2) is 9.37 Å². The van der Waals surface area contributed by atoms with Gasteiger partial charge in [-0.3, -0.25) is 33.6 Å². The number of carbonyl (C=O) groups excluding carboxylic acids is 7. The molecule has 72 heavy (non-hydrogen) atoms. The zero-order valence-corrected chi connectivity index (χ0v) is 43.1. The number of carbonyl (C=O) groups is 7. The van der Waals surface area contributed by atoms with Crippen LogP contribution in [0.4, 0.5) is 4.39 Å². The fourth-order valence-electron chi connectivity index (χ4n) is 9.84. The van der Waals surface area contributed by atoms with Gasteiger partial charge in [-0.15, -0.1) is 11.3 Å². The van der Waals surface area contributed by atoms with Crippen molar-refractivity contribution in [3.05, 3.63) is 70.6 Å². The maximum Gasteiger partial charge on any atom is 0.246 e. The van der Waals surface area contributed by atoms with Crippen LogP contribution in [0.1, 0.15) is 122 Å². The number of amides is 7. The van der Waals surface area contributed by atoms with Crippen molar-refractivity contribution in [3.8, 4) is 16.2 Å². The molecule has 1 unspecified atom stereocenters. The minimum Gasteiger partial charge on any atom is -0.488 e. The molecule has 0 saturated carbocycles. The van der Waals surface area contributed by atoms with E-state index in [1.165, 1.54) is 22.8 Å². The number of nitrogens with zero attached hydrogens (tertiary/aromatic N) is 4. The predicted octanol–water partition coefficient (Wildman–Crippen LogP) is 3.80. The fraction of sp³-hybridized carbons (Fsp3) is 0.577. The number of ether oxygens (including phenoxy) is 1. The number of hydrogen-bond acceptors (Lipinski definition) is 12. The van der Waals surface area contributed by atoms with Crippen molar-refractivity contribution in [2.45, 2.75) is 161 Å². The highest BCUT2D eigenvalue weighted by Gasteiger charge is 2.46. The number of β-amino-alcohol motifs (C(OH)–C–C–N with tert-alkyl or cyclic N) is 1. The molecule has 3 aliphatic rings. The quantitative estimate of drug-likeness (QED) is 0.0888. The van der Waals surface area contributed by atoms with E-state index in [1.54, 1.807) is 33.9 Å². The van der Waals surface area contributed by atoms with E-state index in [0.717, 1.165) is 21.7 Å². The highest BCUT2D eigenvalue weighted by atomic mass is 32.1. The van der Waals surface area contributed by atoms with Gasteiger partial charge < -0.3 is 52.0 Å². The summed E-state index contributed by atoms with van der Waals surface area (Å²) in [5, 5.41) is 19.5. The predicted molar refractivity (Wildman–Crippen MR) is 269 cm³/mol. The summed E-state index contributed by atoms with van der Waals surface area (Å²) in [7, 11) is 0. The summed E-state index contributed by atoms with van der Waals surface area (Å²) < 4.78 is 21.8. The monoisotopic (exact) mass is 1020 g/mol. The van der Waals surface area contributed by atoms with Crippen LogP contribution in [0.2, 0.25) is 0 Å². The number of fused-ring (bicyclic) bond motifs is 1. The lowest BCUT2D eigenvalue weighted by atomic mass is 9.85. The lowest BCUT2D eigenvalue weighted by Crippen LogP contribution is -2.59. The minimum atomic E-state index is -0.989. The number of aryl methyl sites for hydroxylation is 2. The Morgan fingerprint density at radius 2 is 1.67 bits per heavy atom. The molecule has 8 N–H and O–H groups in total. The molecule has 2 aromatic carbocycles. The van der Waals surface area contributed by atoms with Crippen LogP contribution in [0.15, 0.2) is 48.0 Å². The number of aromatic nitrogens is 1. The average molecular weight is 1020 g/mol. The molecule has 3 aliphatic heterocycles. The Balaban J connectivity index is 0.976. The zero-order valence-electron chi connectivity index (χ0n) is 42.3. The second-order valence-electron chi connectivity index (χ2n) is 20.5. The summed E-state index contributed by atoms with van der Waals surface area (Å²) in [4.78, 5) is 102. The molecule has 1 aromatic heterocycles. The van der Waals surface area contributed by atoms with E-state index in [0.29, 0.717) is 57.1 Å². The third kappa shape index (κ3) is 14.2. The number of unbranched alkanes of at least 4 members (excludes halogenated alkanes) is 2. The smallest absolute Gasteiger partial charge is 0.246 e. The number of likely N-dealkylation sites (tertiary alicyclic amines) is 1. The number of benzene rings is 2. The van der Waals surface area contributed by atoms with Gasteiger partial charge in [0.15, 0.2) is 11.6 Å². The fourth-order valence-corrected chi connectivity index (χ4v) is 10.6. The summed E-state index contributed by atoms with van der Waals surface area (Å²) in [6, 6.07) is 7.52. The first-order valence-electron chi connectivity index (χ1n) is 25.0. The Morgan fingerprint density at radius 3 is 2.33 bits per heavy atom. The van der Waals surface area contributed by atoms with Gasteiger partial charge in [0.2, 0.25) is 41.4 Å². The second-order valence-corrected chi connectivity index (χ2v) is 21.4. The number of rotatable bonds is 20. The largest absolute Gasteiger partial charge is 0.488 e. The molecule has 0 bridgehead atoms. The van der Waals surface area contributed by atoms with Crippen LogP contribution in [-0.4, -0.2) is 135 Å². The third-order valence-corrected chi connectivity index (χ3v) is 14.9. The van der Waals surface area contributed by atoms with Gasteiger partial charge in [-0.2, -0.15) is 0 Å². The van der Waals surface area contributed by atoms with E-state index in [2.05, 4.69) is 20.9 Å². The van der Waals surface area contributed by atoms with E-state index >= 15 is 4.39 Å². The van der Waals surface area contributed by atoms with E-state index in [9.17, 15) is 38.7 Å². The highest BCUT2D eigenvalue weighted by Crippen LogP contribution is 2.32. The molecule has 392 valence electrons. The Kier molecular flexibility index (Phi) is 18.9. The molecule has 4 heterocycles. The van der Waals surface area contributed by atoms with Crippen molar-refractivity contribution in [2.75, 3.05) is 26.2 Å². The Bertz CT molecular complexity index is 2430. The van der Waals surface area contributed by atoms with Crippen LogP contribution in [-0.2, 0) is 40.0 Å². The molecule has 18 nitrogen and oxygen atoms in total. The van der Waals surface area contributed by atoms with Crippen LogP contribution in [0.3, 0.4) is 0 Å². The Labute approximate surface area is 425 Å². The standard InChI is InChI=1S/C52H72FN9O9S/c1-30(33-15-17-35(18-16-33)46-31(2)56-29-72-46)57-49(68)41-25-38(64)26-61(41)51(70)47(52(4,5)6)59-44(66)14-9-7-8-11-34-12-10-13-42(45(34)53)71-28-36(19-22-43(55)65)58-48(67)40-21-20-37-23-24-60(32(3)63)27-39(54)50(69)62(37)40/h10,12-13,15-18,29-30,36-41,47,64H,7-9,11,14,19-28,54H2,1-6H3,(H2,55,65)(H,57,68)(H,58,67)(H,59,66)/t30-,36-,37+,38+,39-,40-,41-,47?/m0/s1. The summed E-state index contributed by atoms with van der Waals surface area (Å²) in [5.41, 5.74) is 16.0. The molecule has 0 spiro atoms. The van der Waals surface area contributed by atoms with Crippen LogP contribution in [0, 0.1) is 18.2 Å². The van der Waals surface area contributed by atoms with Gasteiger partial charge in [0.25, 0.3) is 0 Å². The molecular weight excluding hydrogens is 946 g/mol. The first-order chi connectivity index (χ1) is 34.1. The van der Waals surface area contributed by atoms with Crippen LogP contribution in [0.5, 0.6) is 5.75 Å². The number of aliphatic hydroxyl groups is 1. The third-order valence-electron chi connectivity index (χ3n) is 14.0. The van der Waals surface area contributed by atoms with Gasteiger partial charge in [0, 0.05) is 51.9 Å². The van der Waals surface area contributed by atoms with Gasteiger partial charge >= 0.3 is 0 Å². The summed E-state index contributed by atoms with van der Waals surface area (Å²) >= 11 is 1.56. The van der Waals surface area contributed by atoms with Crippen LogP contribution < -0.4 is 32.2 Å². The van der Waals surface area contributed by atoms with Crippen LogP contribution in [0.25, 0.3) is 10.4 Å². The van der Waals surface area contributed by atoms with Crippen molar-refractivity contribution in [1.29, 1.82) is 0 Å². The van der Waals surface area contributed by atoms with Crippen molar-refractivity contribution in [2.24, 2.45) is 16.9 Å². The first-order valence-corrected chi connectivity index (χ1v) is 25.9. The molecule has 0 aliphatic carbocycles. The lowest BCUT2D eigenvalue weighted by Gasteiger charge is -2.37. The molecule has 20 heteroatoms. The maximum atomic E-state index is 15.9. The molecule has 0 radical (unpaired) electrons. The van der Waals surface area contributed by atoms with Crippen molar-refractivity contribution in [3.63, 3.8) is 0 Å². The van der Waals surface area contributed by atoms with Crippen LogP contribution >= 0.6 is 11.3 Å². The van der Waals surface area contributed by atoms with E-state index in [4.69, 9.17) is 16.2 Å². The maximum absolute atomic E-state index is 15.9. The number of primary amides is 1. The van der Waals surface area contributed by atoms with Gasteiger partial charge in [-0.1, -0.05) is 63.6 Å². The SMILES string of the molecule is CC(=O)N1CC[C@H]2CC[C@@H](C(=O)N[C@@H](CCC(N)=O)COc3cccc(CCCCCC(=O)NC(C(=O)N4C[C@H](O)C[C@H]4C(=O)N[C@@H](C)c4ccc(-c5scnc5C)cc4)C(C)(C)C)c3F)N2C(=O)[C@@H](N)C1. The Morgan fingerprint density at radius 1 is 0.944 bits per heavy atom. The number of aliphatic hydroxyl groups excluding tert-OH is 1. The van der Waals surface area contributed by atoms with Crippen molar-refractivity contribution in [1.82, 2.24) is 35.6 Å². The zero-order chi connectivity index (χ0) is 52.4. The van der Waals surface area contributed by atoms with Gasteiger partial charge in [0.1, 0.15) is 30.8 Å². The molecular formula is C52H72FN9O9S. The van der Waals surface area contributed by atoms with E-state index in [-0.39, 0.29) is 75.0 Å². The minimum absolute atomic E-state index is 0.0448. The summed E-state index contributed by atoms with van der Waals surface area (Å²) in [6.07, 6.45) is 2.65. The van der Waals surface area contributed by atoms with Gasteiger partial charge in [-0.05, 0) is 87.0 Å². The molecule has 7 amide bonds. The number of hydrogen-bond donors (Lipinski definition) is 6. The van der Waals surface area contributed by atoms with E-state index < -0.39 is 77.1 Å². The number of halogens is 1.